The van der Waals surface area contributed by atoms with E-state index in [-0.39, 0.29) is 24.3 Å². The Morgan fingerprint density at radius 1 is 0.727 bits per heavy atom. The van der Waals surface area contributed by atoms with Gasteiger partial charge in [0.05, 0.1) is 6.61 Å². The lowest BCUT2D eigenvalue weighted by atomic mass is 9.98. The second-order valence-electron chi connectivity index (χ2n) is 11.3. The summed E-state index contributed by atoms with van der Waals surface area (Å²) in [6.45, 7) is 4.97. The predicted octanol–water partition coefficient (Wildman–Crippen LogP) is 3.24. The van der Waals surface area contributed by atoms with E-state index in [0.717, 1.165) is 27.8 Å². The molecule has 1 aliphatic carbocycles. The Bertz CT molecular complexity index is 1420. The van der Waals surface area contributed by atoms with Crippen molar-refractivity contribution in [3.8, 4) is 11.1 Å². The number of amides is 4. The molecule has 0 bridgehead atoms. The van der Waals surface area contributed by atoms with Gasteiger partial charge in [-0.1, -0.05) is 92.7 Å². The summed E-state index contributed by atoms with van der Waals surface area (Å²) < 4.78 is 5.51. The molecule has 44 heavy (non-hydrogen) atoms. The average molecular weight is 601 g/mol. The fourth-order valence-electron chi connectivity index (χ4n) is 5.26. The number of hydrogen-bond donors (Lipinski definition) is 5. The van der Waals surface area contributed by atoms with Crippen LogP contribution in [0.4, 0.5) is 4.79 Å². The molecule has 0 fully saturated rings. The molecule has 0 aromatic heterocycles. The summed E-state index contributed by atoms with van der Waals surface area (Å²) in [6.07, 6.45) is -0.426. The first kappa shape index (κ1) is 32.2. The van der Waals surface area contributed by atoms with Crippen LogP contribution in [0.5, 0.6) is 0 Å². The second kappa shape index (κ2) is 15.2. The van der Waals surface area contributed by atoms with Gasteiger partial charge in [-0.05, 0) is 47.1 Å². The molecule has 0 spiro atoms. The van der Waals surface area contributed by atoms with E-state index in [1.165, 1.54) is 6.92 Å². The molecule has 0 heterocycles. The van der Waals surface area contributed by atoms with Crippen LogP contribution >= 0.6 is 0 Å². The molecule has 0 unspecified atom stereocenters. The third-order valence-corrected chi connectivity index (χ3v) is 7.54. The van der Waals surface area contributed by atoms with Crippen molar-refractivity contribution in [2.75, 3.05) is 13.2 Å². The van der Waals surface area contributed by atoms with Gasteiger partial charge in [-0.3, -0.25) is 14.4 Å². The molecule has 4 amide bonds. The number of ether oxygens (including phenoxy) is 1. The minimum absolute atomic E-state index is 0.0828. The molecule has 0 saturated carbocycles. The molecular formula is C34H40N4O6. The van der Waals surface area contributed by atoms with E-state index in [2.05, 4.69) is 21.3 Å². The molecule has 1 aliphatic rings. The number of carbonyl (C=O) groups excluding carboxylic acids is 4. The Hall–Kier alpha value is -4.70. The number of benzene rings is 3. The fourth-order valence-corrected chi connectivity index (χ4v) is 5.26. The monoisotopic (exact) mass is 600 g/mol. The number of aliphatic hydroxyl groups excluding tert-OH is 1. The van der Waals surface area contributed by atoms with Crippen LogP contribution in [0.3, 0.4) is 0 Å². The van der Waals surface area contributed by atoms with E-state index >= 15 is 0 Å². The maximum Gasteiger partial charge on any atom is 0.407 e. The van der Waals surface area contributed by atoms with Gasteiger partial charge in [0.15, 0.2) is 0 Å². The Balaban J connectivity index is 1.28. The maximum absolute atomic E-state index is 13.0. The summed E-state index contributed by atoms with van der Waals surface area (Å²) in [5, 5.41) is 20.3. The molecule has 0 radical (unpaired) electrons. The molecule has 0 aliphatic heterocycles. The van der Waals surface area contributed by atoms with Crippen LogP contribution in [0.25, 0.3) is 11.1 Å². The number of hydrogen-bond acceptors (Lipinski definition) is 6. The maximum atomic E-state index is 13.0. The van der Waals surface area contributed by atoms with Crippen LogP contribution in [-0.2, 0) is 25.7 Å². The van der Waals surface area contributed by atoms with E-state index in [0.29, 0.717) is 13.0 Å². The highest BCUT2D eigenvalue weighted by atomic mass is 16.5. The zero-order valence-corrected chi connectivity index (χ0v) is 25.2. The molecule has 0 saturated heterocycles. The van der Waals surface area contributed by atoms with Crippen molar-refractivity contribution < 1.29 is 29.0 Å². The van der Waals surface area contributed by atoms with Crippen LogP contribution in [0, 0.1) is 5.92 Å². The molecule has 3 atom stereocenters. The topological polar surface area (TPSA) is 146 Å². The van der Waals surface area contributed by atoms with Crippen molar-refractivity contribution in [2.24, 2.45) is 5.92 Å². The highest BCUT2D eigenvalue weighted by Gasteiger charge is 2.31. The molecule has 5 N–H and O–H groups in total. The van der Waals surface area contributed by atoms with Crippen LogP contribution in [0.2, 0.25) is 0 Å². The third kappa shape index (κ3) is 8.23. The highest BCUT2D eigenvalue weighted by molar-refractivity contribution is 5.93. The smallest absolute Gasteiger partial charge is 0.407 e. The summed E-state index contributed by atoms with van der Waals surface area (Å²) in [5.74, 6) is -1.82. The van der Waals surface area contributed by atoms with E-state index in [9.17, 15) is 24.3 Å². The minimum atomic E-state index is -1.33. The summed E-state index contributed by atoms with van der Waals surface area (Å²) in [6, 6.07) is 22.0. The van der Waals surface area contributed by atoms with Crippen molar-refractivity contribution in [1.29, 1.82) is 0 Å². The average Bonchev–Trinajstić information content (AvgIpc) is 3.34. The van der Waals surface area contributed by atoms with E-state index in [4.69, 9.17) is 4.74 Å². The molecule has 232 valence electrons. The van der Waals surface area contributed by atoms with Gasteiger partial charge in [0, 0.05) is 12.5 Å². The molecule has 4 rings (SSSR count). The zero-order chi connectivity index (χ0) is 31.6. The third-order valence-electron chi connectivity index (χ3n) is 7.54. The predicted molar refractivity (Wildman–Crippen MR) is 166 cm³/mol. The van der Waals surface area contributed by atoms with Gasteiger partial charge in [-0.25, -0.2) is 4.79 Å². The van der Waals surface area contributed by atoms with Gasteiger partial charge in [-0.2, -0.15) is 0 Å². The van der Waals surface area contributed by atoms with Crippen molar-refractivity contribution in [2.45, 2.75) is 57.8 Å². The van der Waals surface area contributed by atoms with E-state index in [1.807, 2.05) is 92.7 Å². The zero-order valence-electron chi connectivity index (χ0n) is 25.2. The molecular weight excluding hydrogens is 560 g/mol. The standard InChI is InChI=1S/C34H40N4O6/c1-21(2)17-29(32(41)35-18-23-11-5-4-6-12-23)37-33(42)30(19-39)38-31(40)22(3)36-34(43)44-20-28-26-15-9-7-13-24(26)25-14-8-10-16-27(25)28/h4-16,21-22,28-30,39H,17-20H2,1-3H3,(H,35,41)(H,36,43)(H,37,42)(H,38,40)/t22-,29-,30-/m0/s1. The number of nitrogens with one attached hydrogen (secondary N) is 4. The number of aliphatic hydroxyl groups is 1. The van der Waals surface area contributed by atoms with Gasteiger partial charge in [0.2, 0.25) is 17.7 Å². The summed E-state index contributed by atoms with van der Waals surface area (Å²) >= 11 is 0. The summed E-state index contributed by atoms with van der Waals surface area (Å²) in [7, 11) is 0. The highest BCUT2D eigenvalue weighted by Crippen LogP contribution is 2.44. The number of alkyl carbamates (subject to hydrolysis) is 1. The van der Waals surface area contributed by atoms with Crippen LogP contribution < -0.4 is 21.3 Å². The van der Waals surface area contributed by atoms with Gasteiger partial charge in [-0.15, -0.1) is 0 Å². The fraction of sp³-hybridized carbons (Fsp3) is 0.353. The van der Waals surface area contributed by atoms with Gasteiger partial charge in [0.1, 0.15) is 24.7 Å². The van der Waals surface area contributed by atoms with Crippen molar-refractivity contribution in [3.63, 3.8) is 0 Å². The summed E-state index contributed by atoms with van der Waals surface area (Å²) in [4.78, 5) is 51.4. The molecule has 3 aromatic rings. The second-order valence-corrected chi connectivity index (χ2v) is 11.3. The first-order chi connectivity index (χ1) is 21.2. The van der Waals surface area contributed by atoms with E-state index < -0.39 is 42.6 Å². The molecule has 10 heteroatoms. The van der Waals surface area contributed by atoms with Crippen LogP contribution in [0.15, 0.2) is 78.9 Å². The van der Waals surface area contributed by atoms with Crippen molar-refractivity contribution in [1.82, 2.24) is 21.3 Å². The van der Waals surface area contributed by atoms with Crippen LogP contribution in [-0.4, -0.2) is 60.3 Å². The van der Waals surface area contributed by atoms with Crippen molar-refractivity contribution in [3.05, 3.63) is 95.6 Å². The normalized spacial score (nSPS) is 14.0. The quantitative estimate of drug-likeness (QED) is 0.204. The largest absolute Gasteiger partial charge is 0.449 e. The minimum Gasteiger partial charge on any atom is -0.449 e. The van der Waals surface area contributed by atoms with E-state index in [1.54, 1.807) is 0 Å². The van der Waals surface area contributed by atoms with Gasteiger partial charge in [0.25, 0.3) is 0 Å². The Kier molecular flexibility index (Phi) is 11.1. The molecule has 3 aromatic carbocycles. The van der Waals surface area contributed by atoms with Gasteiger partial charge < -0.3 is 31.1 Å². The van der Waals surface area contributed by atoms with Gasteiger partial charge >= 0.3 is 6.09 Å². The Labute approximate surface area is 257 Å². The number of rotatable bonds is 13. The first-order valence-corrected chi connectivity index (χ1v) is 14.8. The Morgan fingerprint density at radius 2 is 1.30 bits per heavy atom. The number of carbonyl (C=O) groups is 4. The first-order valence-electron chi connectivity index (χ1n) is 14.8. The lowest BCUT2D eigenvalue weighted by Gasteiger charge is -2.24. The number of fused-ring (bicyclic) bond motifs is 3. The Morgan fingerprint density at radius 3 is 1.89 bits per heavy atom. The lowest BCUT2D eigenvalue weighted by Crippen LogP contribution is -2.57. The SMILES string of the molecule is CC(C)C[C@H](NC(=O)[C@H](CO)NC(=O)[C@H](C)NC(=O)OCC1c2ccccc2-c2ccccc21)C(=O)NCc1ccccc1. The van der Waals surface area contributed by atoms with Crippen molar-refractivity contribution >= 4 is 23.8 Å². The molecule has 10 nitrogen and oxygen atoms in total. The summed E-state index contributed by atoms with van der Waals surface area (Å²) in [5.41, 5.74) is 5.24. The van der Waals surface area contributed by atoms with Crippen LogP contribution in [0.1, 0.15) is 49.8 Å². The lowest BCUT2D eigenvalue weighted by molar-refractivity contribution is -0.133.